The first-order valence-electron chi connectivity index (χ1n) is 7.25. The van der Waals surface area contributed by atoms with Crippen molar-refractivity contribution < 1.29 is 9.53 Å². The maximum atomic E-state index is 11.5. The quantitative estimate of drug-likeness (QED) is 0.681. The van der Waals surface area contributed by atoms with Crippen molar-refractivity contribution >= 4 is 11.7 Å². The summed E-state index contributed by atoms with van der Waals surface area (Å²) in [5.41, 5.74) is 2.73. The Labute approximate surface area is 126 Å². The molecule has 2 rings (SSSR count). The van der Waals surface area contributed by atoms with Gasteiger partial charge in [-0.2, -0.15) is 0 Å². The summed E-state index contributed by atoms with van der Waals surface area (Å²) in [6, 6.07) is 6.08. The Morgan fingerprint density at radius 3 is 2.76 bits per heavy atom. The average molecular weight is 286 g/mol. The zero-order valence-electron chi connectivity index (χ0n) is 12.7. The SMILES string of the molecule is C#CCN1CCC(Nc2ccc(C(=O)OC)cc2C)CC1. The molecule has 1 N–H and O–H groups in total. The Bertz CT molecular complexity index is 540. The highest BCUT2D eigenvalue weighted by Crippen LogP contribution is 2.21. The van der Waals surface area contributed by atoms with Gasteiger partial charge in [-0.1, -0.05) is 5.92 Å². The first-order valence-corrected chi connectivity index (χ1v) is 7.25. The van der Waals surface area contributed by atoms with Gasteiger partial charge in [0, 0.05) is 24.8 Å². The molecule has 0 spiro atoms. The Hall–Kier alpha value is -1.99. The number of nitrogens with one attached hydrogen (secondary N) is 1. The fourth-order valence-electron chi connectivity index (χ4n) is 2.65. The van der Waals surface area contributed by atoms with Crippen molar-refractivity contribution in [3.8, 4) is 12.3 Å². The normalized spacial score (nSPS) is 16.2. The van der Waals surface area contributed by atoms with E-state index in [2.05, 4.69) is 16.1 Å². The lowest BCUT2D eigenvalue weighted by Gasteiger charge is -2.32. The zero-order valence-corrected chi connectivity index (χ0v) is 12.7. The third kappa shape index (κ3) is 3.99. The van der Waals surface area contributed by atoms with Crippen LogP contribution in [0.3, 0.4) is 0 Å². The molecule has 1 aliphatic rings. The van der Waals surface area contributed by atoms with Crippen molar-refractivity contribution in [2.24, 2.45) is 0 Å². The topological polar surface area (TPSA) is 41.6 Å². The molecule has 0 unspecified atom stereocenters. The number of nitrogens with zero attached hydrogens (tertiary/aromatic N) is 1. The monoisotopic (exact) mass is 286 g/mol. The Morgan fingerprint density at radius 1 is 1.48 bits per heavy atom. The number of esters is 1. The summed E-state index contributed by atoms with van der Waals surface area (Å²) in [4.78, 5) is 13.8. The van der Waals surface area contributed by atoms with Gasteiger partial charge in [0.05, 0.1) is 19.2 Å². The van der Waals surface area contributed by atoms with E-state index >= 15 is 0 Å². The highest BCUT2D eigenvalue weighted by molar-refractivity contribution is 5.90. The molecule has 112 valence electrons. The molecule has 0 aromatic heterocycles. The largest absolute Gasteiger partial charge is 0.465 e. The van der Waals surface area contributed by atoms with E-state index in [1.165, 1.54) is 7.11 Å². The molecule has 1 saturated heterocycles. The van der Waals surface area contributed by atoms with E-state index in [9.17, 15) is 4.79 Å². The minimum absolute atomic E-state index is 0.299. The summed E-state index contributed by atoms with van der Waals surface area (Å²) in [7, 11) is 1.40. The number of hydrogen-bond donors (Lipinski definition) is 1. The van der Waals surface area contributed by atoms with Gasteiger partial charge in [-0.05, 0) is 43.5 Å². The third-order valence-electron chi connectivity index (χ3n) is 3.91. The van der Waals surface area contributed by atoms with Crippen LogP contribution in [0, 0.1) is 19.3 Å². The van der Waals surface area contributed by atoms with Gasteiger partial charge in [-0.25, -0.2) is 4.79 Å². The molecule has 1 aliphatic heterocycles. The second-order valence-electron chi connectivity index (χ2n) is 5.42. The standard InChI is InChI=1S/C17H22N2O2/c1-4-9-19-10-7-15(8-11-19)18-16-6-5-14(12-13(16)2)17(20)21-3/h1,5-6,12,15,18H,7-11H2,2-3H3. The molecule has 4 nitrogen and oxygen atoms in total. The number of anilines is 1. The van der Waals surface area contributed by atoms with Gasteiger partial charge in [-0.15, -0.1) is 6.42 Å². The van der Waals surface area contributed by atoms with Gasteiger partial charge in [0.25, 0.3) is 0 Å². The van der Waals surface area contributed by atoms with Crippen LogP contribution >= 0.6 is 0 Å². The van der Waals surface area contributed by atoms with Crippen molar-refractivity contribution in [2.45, 2.75) is 25.8 Å². The van der Waals surface area contributed by atoms with E-state index in [0.29, 0.717) is 11.6 Å². The summed E-state index contributed by atoms with van der Waals surface area (Å²) in [6.07, 6.45) is 7.51. The maximum absolute atomic E-state index is 11.5. The predicted molar refractivity (Wildman–Crippen MR) is 84.4 cm³/mol. The van der Waals surface area contributed by atoms with Crippen molar-refractivity contribution in [3.63, 3.8) is 0 Å². The summed E-state index contributed by atoms with van der Waals surface area (Å²) in [5, 5.41) is 3.57. The first-order chi connectivity index (χ1) is 10.1. The number of benzene rings is 1. The first kappa shape index (κ1) is 15.4. The molecule has 21 heavy (non-hydrogen) atoms. The molecule has 1 fully saturated rings. The van der Waals surface area contributed by atoms with Gasteiger partial charge in [0.2, 0.25) is 0 Å². The third-order valence-corrected chi connectivity index (χ3v) is 3.91. The minimum Gasteiger partial charge on any atom is -0.465 e. The summed E-state index contributed by atoms with van der Waals surface area (Å²) < 4.78 is 4.73. The van der Waals surface area contributed by atoms with E-state index in [0.717, 1.165) is 43.7 Å². The van der Waals surface area contributed by atoms with Crippen LogP contribution in [0.1, 0.15) is 28.8 Å². The highest BCUT2D eigenvalue weighted by Gasteiger charge is 2.19. The second kappa shape index (κ2) is 7.14. The number of methoxy groups -OCH3 is 1. The zero-order chi connectivity index (χ0) is 15.2. The van der Waals surface area contributed by atoms with Crippen molar-refractivity contribution in [2.75, 3.05) is 32.1 Å². The lowest BCUT2D eigenvalue weighted by atomic mass is 10.0. The molecule has 1 aromatic carbocycles. The van der Waals surface area contributed by atoms with Gasteiger partial charge in [-0.3, -0.25) is 4.90 Å². The number of ether oxygens (including phenoxy) is 1. The maximum Gasteiger partial charge on any atom is 0.337 e. The number of aryl methyl sites for hydroxylation is 1. The molecule has 0 aliphatic carbocycles. The molecule has 1 heterocycles. The van der Waals surface area contributed by atoms with Crippen LogP contribution in [0.25, 0.3) is 0 Å². The summed E-state index contributed by atoms with van der Waals surface area (Å²) in [6.45, 7) is 4.80. The fourth-order valence-corrected chi connectivity index (χ4v) is 2.65. The van der Waals surface area contributed by atoms with Crippen LogP contribution in [0.2, 0.25) is 0 Å². The lowest BCUT2D eigenvalue weighted by molar-refractivity contribution is 0.0600. The molecule has 4 heteroatoms. The number of carbonyl (C=O) groups excluding carboxylic acids is 1. The van der Waals surface area contributed by atoms with Gasteiger partial charge in [0.1, 0.15) is 0 Å². The van der Waals surface area contributed by atoms with Gasteiger partial charge < -0.3 is 10.1 Å². The summed E-state index contributed by atoms with van der Waals surface area (Å²) in [5.74, 6) is 2.40. The molecule has 1 aromatic rings. The van der Waals surface area contributed by atoms with E-state index in [1.54, 1.807) is 6.07 Å². The number of terminal acetylenes is 1. The van der Waals surface area contributed by atoms with Crippen LogP contribution in [-0.4, -0.2) is 43.7 Å². The van der Waals surface area contributed by atoms with E-state index in [-0.39, 0.29) is 5.97 Å². The Kier molecular flexibility index (Phi) is 5.24. The van der Waals surface area contributed by atoms with E-state index in [4.69, 9.17) is 11.2 Å². The van der Waals surface area contributed by atoms with E-state index < -0.39 is 0 Å². The van der Waals surface area contributed by atoms with Gasteiger partial charge in [0.15, 0.2) is 0 Å². The fraction of sp³-hybridized carbons (Fsp3) is 0.471. The smallest absolute Gasteiger partial charge is 0.337 e. The van der Waals surface area contributed by atoms with Crippen LogP contribution in [0.5, 0.6) is 0 Å². The molecule has 0 radical (unpaired) electrons. The van der Waals surface area contributed by atoms with Crippen molar-refractivity contribution in [1.29, 1.82) is 0 Å². The second-order valence-corrected chi connectivity index (χ2v) is 5.42. The van der Waals surface area contributed by atoms with E-state index in [1.807, 2.05) is 19.1 Å². The Morgan fingerprint density at radius 2 is 2.19 bits per heavy atom. The van der Waals surface area contributed by atoms with Crippen molar-refractivity contribution in [3.05, 3.63) is 29.3 Å². The number of piperidine rings is 1. The molecular weight excluding hydrogens is 264 g/mol. The molecule has 0 saturated carbocycles. The predicted octanol–water partition coefficient (Wildman–Crippen LogP) is 2.29. The summed E-state index contributed by atoms with van der Waals surface area (Å²) >= 11 is 0. The van der Waals surface area contributed by atoms with Crippen LogP contribution in [-0.2, 0) is 4.74 Å². The van der Waals surface area contributed by atoms with Crippen LogP contribution < -0.4 is 5.32 Å². The number of hydrogen-bond acceptors (Lipinski definition) is 4. The average Bonchev–Trinajstić information content (AvgIpc) is 2.50. The molecular formula is C17H22N2O2. The highest BCUT2D eigenvalue weighted by atomic mass is 16.5. The minimum atomic E-state index is -0.299. The number of likely N-dealkylation sites (tertiary alicyclic amines) is 1. The lowest BCUT2D eigenvalue weighted by Crippen LogP contribution is -2.39. The number of rotatable bonds is 4. The molecule has 0 atom stereocenters. The van der Waals surface area contributed by atoms with Gasteiger partial charge >= 0.3 is 5.97 Å². The van der Waals surface area contributed by atoms with Crippen LogP contribution in [0.15, 0.2) is 18.2 Å². The molecule has 0 bridgehead atoms. The van der Waals surface area contributed by atoms with Crippen molar-refractivity contribution in [1.82, 2.24) is 4.90 Å². The Balaban J connectivity index is 1.95. The molecule has 0 amide bonds. The number of carbonyl (C=O) groups is 1. The van der Waals surface area contributed by atoms with Crippen LogP contribution in [0.4, 0.5) is 5.69 Å².